The van der Waals surface area contributed by atoms with Gasteiger partial charge >= 0.3 is 0 Å². The van der Waals surface area contributed by atoms with Crippen molar-refractivity contribution in [2.75, 3.05) is 23.7 Å². The van der Waals surface area contributed by atoms with Crippen molar-refractivity contribution in [3.8, 4) is 5.75 Å². The molecule has 6 nitrogen and oxygen atoms in total. The molecule has 0 radical (unpaired) electrons. The van der Waals surface area contributed by atoms with Crippen LogP contribution in [0.3, 0.4) is 0 Å². The van der Waals surface area contributed by atoms with Crippen molar-refractivity contribution in [2.24, 2.45) is 0 Å². The van der Waals surface area contributed by atoms with Crippen LogP contribution >= 0.6 is 23.2 Å². The third-order valence-corrected chi connectivity index (χ3v) is 6.37. The summed E-state index contributed by atoms with van der Waals surface area (Å²) in [6.45, 7) is 8.23. The predicted molar refractivity (Wildman–Crippen MR) is 127 cm³/mol. The van der Waals surface area contributed by atoms with E-state index in [2.05, 4.69) is 26.1 Å². The Morgan fingerprint density at radius 2 is 1.81 bits per heavy atom. The number of carbonyl (C=O) groups is 1. The maximum absolute atomic E-state index is 12.7. The van der Waals surface area contributed by atoms with E-state index in [1.165, 1.54) is 19.1 Å². The molecule has 2 rings (SSSR count). The van der Waals surface area contributed by atoms with Crippen LogP contribution < -0.4 is 14.4 Å². The van der Waals surface area contributed by atoms with Crippen LogP contribution in [0.25, 0.3) is 0 Å². The van der Waals surface area contributed by atoms with Gasteiger partial charge in [0.1, 0.15) is 18.4 Å². The average molecular weight is 487 g/mol. The van der Waals surface area contributed by atoms with E-state index in [9.17, 15) is 13.2 Å². The second-order valence-corrected chi connectivity index (χ2v) is 10.9. The van der Waals surface area contributed by atoms with Gasteiger partial charge in [-0.1, -0.05) is 62.2 Å². The van der Waals surface area contributed by atoms with Crippen LogP contribution in [0, 0.1) is 0 Å². The minimum Gasteiger partial charge on any atom is -0.491 e. The Hall–Kier alpha value is -1.96. The molecule has 0 saturated heterocycles. The quantitative estimate of drug-likeness (QED) is 0.551. The van der Waals surface area contributed by atoms with Gasteiger partial charge in [-0.15, -0.1) is 0 Å². The monoisotopic (exact) mass is 486 g/mol. The van der Waals surface area contributed by atoms with Crippen molar-refractivity contribution < 1.29 is 17.9 Å². The van der Waals surface area contributed by atoms with Crippen molar-refractivity contribution in [3.63, 3.8) is 0 Å². The lowest BCUT2D eigenvalue weighted by Gasteiger charge is -2.29. The molecule has 0 fully saturated rings. The molecule has 1 amide bonds. The minimum atomic E-state index is -3.80. The number of halogens is 2. The molecule has 2 aromatic carbocycles. The highest BCUT2D eigenvalue weighted by molar-refractivity contribution is 7.92. The molecule has 0 aliphatic heterocycles. The topological polar surface area (TPSA) is 75.7 Å². The SMILES string of the molecule is C[C@@H](C(=O)NCCOc1ccccc1C(C)(C)C)N(c1cc(Cl)ccc1Cl)S(C)(=O)=O. The molecular weight excluding hydrogens is 459 g/mol. The van der Waals surface area contributed by atoms with E-state index in [4.69, 9.17) is 27.9 Å². The van der Waals surface area contributed by atoms with E-state index < -0.39 is 22.0 Å². The third-order valence-electron chi connectivity index (χ3n) is 4.59. The maximum Gasteiger partial charge on any atom is 0.243 e. The van der Waals surface area contributed by atoms with Crippen LogP contribution in [0.4, 0.5) is 5.69 Å². The number of para-hydroxylation sites is 1. The van der Waals surface area contributed by atoms with Gasteiger partial charge in [-0.2, -0.15) is 0 Å². The lowest BCUT2D eigenvalue weighted by Crippen LogP contribution is -2.48. The Labute approximate surface area is 194 Å². The summed E-state index contributed by atoms with van der Waals surface area (Å²) in [5.74, 6) is 0.273. The summed E-state index contributed by atoms with van der Waals surface area (Å²) in [5.41, 5.74) is 1.13. The van der Waals surface area contributed by atoms with Gasteiger partial charge in [-0.25, -0.2) is 8.42 Å². The van der Waals surface area contributed by atoms with E-state index in [0.29, 0.717) is 5.02 Å². The summed E-state index contributed by atoms with van der Waals surface area (Å²) >= 11 is 12.2. The largest absolute Gasteiger partial charge is 0.491 e. The number of benzene rings is 2. The first kappa shape index (κ1) is 25.3. The average Bonchev–Trinajstić information content (AvgIpc) is 2.66. The molecule has 170 valence electrons. The normalized spacial score (nSPS) is 12.9. The molecule has 0 aromatic heterocycles. The second-order valence-electron chi connectivity index (χ2n) is 8.22. The molecule has 0 saturated carbocycles. The number of nitrogens with one attached hydrogen (secondary N) is 1. The van der Waals surface area contributed by atoms with E-state index in [0.717, 1.165) is 21.9 Å². The van der Waals surface area contributed by atoms with Gasteiger partial charge in [0, 0.05) is 5.02 Å². The highest BCUT2D eigenvalue weighted by atomic mass is 35.5. The van der Waals surface area contributed by atoms with Gasteiger partial charge in [0.05, 0.1) is 23.5 Å². The molecule has 0 spiro atoms. The molecule has 0 heterocycles. The van der Waals surface area contributed by atoms with Gasteiger partial charge in [-0.3, -0.25) is 9.10 Å². The molecule has 0 bridgehead atoms. The highest BCUT2D eigenvalue weighted by Crippen LogP contribution is 2.32. The van der Waals surface area contributed by atoms with Gasteiger partial charge < -0.3 is 10.1 Å². The van der Waals surface area contributed by atoms with Gasteiger partial charge in [0.15, 0.2) is 0 Å². The number of amides is 1. The van der Waals surface area contributed by atoms with E-state index in [1.54, 1.807) is 6.07 Å². The predicted octanol–water partition coefficient (Wildman–Crippen LogP) is 4.64. The standard InChI is InChI=1S/C22H28Cl2N2O4S/c1-15(26(31(5,28)29)19-14-16(23)10-11-18(19)24)21(27)25-12-13-30-20-9-7-6-8-17(20)22(2,3)4/h6-11,14-15H,12-13H2,1-5H3,(H,25,27)/t15-/m0/s1. The summed E-state index contributed by atoms with van der Waals surface area (Å²) in [6.07, 6.45) is 1.01. The lowest BCUT2D eigenvalue weighted by molar-refractivity contribution is -0.121. The molecule has 0 unspecified atom stereocenters. The molecule has 2 aromatic rings. The summed E-state index contributed by atoms with van der Waals surface area (Å²) < 4.78 is 31.6. The Bertz CT molecular complexity index is 1040. The first-order chi connectivity index (χ1) is 14.3. The van der Waals surface area contributed by atoms with Gasteiger partial charge in [0.2, 0.25) is 15.9 Å². The van der Waals surface area contributed by atoms with E-state index >= 15 is 0 Å². The number of hydrogen-bond acceptors (Lipinski definition) is 4. The van der Waals surface area contributed by atoms with Crippen molar-refractivity contribution in [3.05, 3.63) is 58.1 Å². The lowest BCUT2D eigenvalue weighted by atomic mass is 9.86. The molecule has 1 N–H and O–H groups in total. The number of sulfonamides is 1. The van der Waals surface area contributed by atoms with Crippen LogP contribution in [0.15, 0.2) is 42.5 Å². The number of carbonyl (C=O) groups excluding carboxylic acids is 1. The Morgan fingerprint density at radius 3 is 2.42 bits per heavy atom. The third kappa shape index (κ3) is 6.76. The summed E-state index contributed by atoms with van der Waals surface area (Å²) in [4.78, 5) is 12.7. The van der Waals surface area contributed by atoms with Crippen LogP contribution in [0.5, 0.6) is 5.75 Å². The van der Waals surface area contributed by atoms with Crippen molar-refractivity contribution >= 4 is 44.8 Å². The summed E-state index contributed by atoms with van der Waals surface area (Å²) in [6, 6.07) is 11.2. The van der Waals surface area contributed by atoms with Crippen LogP contribution in [-0.2, 0) is 20.2 Å². The van der Waals surface area contributed by atoms with Crippen molar-refractivity contribution in [2.45, 2.75) is 39.2 Å². The van der Waals surface area contributed by atoms with Crippen LogP contribution in [-0.4, -0.2) is 39.8 Å². The maximum atomic E-state index is 12.7. The first-order valence-electron chi connectivity index (χ1n) is 9.77. The van der Waals surface area contributed by atoms with Gasteiger partial charge in [0.25, 0.3) is 0 Å². The van der Waals surface area contributed by atoms with Crippen LogP contribution in [0.1, 0.15) is 33.3 Å². The Balaban J connectivity index is 2.07. The number of rotatable bonds is 8. The molecule has 1 atom stereocenters. The zero-order valence-electron chi connectivity index (χ0n) is 18.3. The molecular formula is C22H28Cl2N2O4S. The van der Waals surface area contributed by atoms with E-state index in [1.807, 2.05) is 24.3 Å². The smallest absolute Gasteiger partial charge is 0.243 e. The van der Waals surface area contributed by atoms with E-state index in [-0.39, 0.29) is 29.3 Å². The summed E-state index contributed by atoms with van der Waals surface area (Å²) in [5, 5.41) is 3.21. The fraction of sp³-hybridized carbons (Fsp3) is 0.409. The molecule has 9 heteroatoms. The molecule has 0 aliphatic carbocycles. The Morgan fingerprint density at radius 1 is 1.16 bits per heavy atom. The van der Waals surface area contributed by atoms with Crippen molar-refractivity contribution in [1.29, 1.82) is 0 Å². The number of nitrogens with zero attached hydrogens (tertiary/aromatic N) is 1. The fourth-order valence-electron chi connectivity index (χ4n) is 3.13. The fourth-order valence-corrected chi connectivity index (χ4v) is 4.73. The Kier molecular flexibility index (Phi) is 8.25. The second kappa shape index (κ2) is 10.1. The van der Waals surface area contributed by atoms with Crippen molar-refractivity contribution in [1.82, 2.24) is 5.32 Å². The highest BCUT2D eigenvalue weighted by Gasteiger charge is 2.30. The molecule has 31 heavy (non-hydrogen) atoms. The molecule has 0 aliphatic rings. The zero-order chi connectivity index (χ0) is 23.4. The number of anilines is 1. The summed E-state index contributed by atoms with van der Waals surface area (Å²) in [7, 11) is -3.80. The minimum absolute atomic E-state index is 0.0828. The first-order valence-corrected chi connectivity index (χ1v) is 12.4. The van der Waals surface area contributed by atoms with Gasteiger partial charge in [-0.05, 0) is 42.2 Å². The zero-order valence-corrected chi connectivity index (χ0v) is 20.6. The number of ether oxygens (including phenoxy) is 1. The van der Waals surface area contributed by atoms with Crippen LogP contribution in [0.2, 0.25) is 10.0 Å². The number of hydrogen-bond donors (Lipinski definition) is 1.